The van der Waals surface area contributed by atoms with Crippen molar-refractivity contribution in [1.29, 1.82) is 0 Å². The molecule has 0 radical (unpaired) electrons. The van der Waals surface area contributed by atoms with Crippen molar-refractivity contribution in [3.8, 4) is 33.4 Å². The van der Waals surface area contributed by atoms with E-state index in [1.54, 1.807) is 0 Å². The summed E-state index contributed by atoms with van der Waals surface area (Å²) in [6.45, 7) is 0. The first-order valence-corrected chi connectivity index (χ1v) is 18.6. The fourth-order valence-electron chi connectivity index (χ4n) is 7.78. The van der Waals surface area contributed by atoms with Crippen LogP contribution in [-0.4, -0.2) is 0 Å². The van der Waals surface area contributed by atoms with Crippen LogP contribution >= 0.6 is 11.3 Å². The molecule has 0 N–H and O–H groups in total. The van der Waals surface area contributed by atoms with E-state index in [9.17, 15) is 0 Å². The zero-order valence-corrected chi connectivity index (χ0v) is 29.2. The molecule has 2 heteroatoms. The summed E-state index contributed by atoms with van der Waals surface area (Å²) < 4.78 is 2.65. The number of anilines is 3. The Balaban J connectivity index is 1.06. The molecule has 0 aliphatic rings. The normalized spacial score (nSPS) is 11.5. The lowest BCUT2D eigenvalue weighted by Gasteiger charge is -2.27. The molecule has 1 nitrogen and oxygen atoms in total. The Kier molecular flexibility index (Phi) is 7.41. The zero-order chi connectivity index (χ0) is 34.4. The van der Waals surface area contributed by atoms with Gasteiger partial charge in [-0.05, 0) is 98.1 Å². The molecule has 1 aromatic heterocycles. The van der Waals surface area contributed by atoms with Gasteiger partial charge in [0.1, 0.15) is 0 Å². The van der Waals surface area contributed by atoms with Crippen molar-refractivity contribution in [1.82, 2.24) is 0 Å². The number of benzene rings is 9. The molecule has 1 heterocycles. The van der Waals surface area contributed by atoms with Gasteiger partial charge >= 0.3 is 0 Å². The summed E-state index contributed by atoms with van der Waals surface area (Å²) in [7, 11) is 0. The lowest BCUT2D eigenvalue weighted by atomic mass is 9.95. The highest BCUT2D eigenvalue weighted by Gasteiger charge is 2.17. The molecule has 10 rings (SSSR count). The average Bonchev–Trinajstić information content (AvgIpc) is 3.61. The van der Waals surface area contributed by atoms with Crippen molar-refractivity contribution in [2.45, 2.75) is 0 Å². The number of thiophene rings is 1. The maximum atomic E-state index is 2.39. The van der Waals surface area contributed by atoms with Crippen LogP contribution in [0.4, 0.5) is 17.1 Å². The summed E-state index contributed by atoms with van der Waals surface area (Å²) in [5, 5.41) is 7.63. The third kappa shape index (κ3) is 5.24. The van der Waals surface area contributed by atoms with Gasteiger partial charge in [-0.25, -0.2) is 0 Å². The first-order valence-electron chi connectivity index (χ1n) is 17.8. The number of fused-ring (bicyclic) bond motifs is 5. The number of nitrogens with zero attached hydrogens (tertiary/aromatic N) is 1. The molecule has 9 aromatic carbocycles. The maximum absolute atomic E-state index is 2.39. The van der Waals surface area contributed by atoms with E-state index in [0.29, 0.717) is 0 Å². The lowest BCUT2D eigenvalue weighted by molar-refractivity contribution is 1.30. The third-order valence-electron chi connectivity index (χ3n) is 10.3. The summed E-state index contributed by atoms with van der Waals surface area (Å²) in [6, 6.07) is 72.9. The maximum Gasteiger partial charge on any atom is 0.0540 e. The molecule has 0 amide bonds. The van der Waals surface area contributed by atoms with Crippen LogP contribution in [0.25, 0.3) is 75.1 Å². The molecule has 0 spiro atoms. The zero-order valence-electron chi connectivity index (χ0n) is 28.4. The SMILES string of the molecule is c1cc(-c2ccc(N(c3ccc(-c4cccc5sc6ccccc6c45)cc3)c3cccc4ccccc34)cc2)cc(-c2cccc3ccccc23)c1. The first kappa shape index (κ1) is 30.4. The van der Waals surface area contributed by atoms with Crippen molar-refractivity contribution in [3.63, 3.8) is 0 Å². The van der Waals surface area contributed by atoms with Crippen LogP contribution < -0.4 is 4.90 Å². The van der Waals surface area contributed by atoms with Crippen molar-refractivity contribution >= 4 is 70.1 Å². The van der Waals surface area contributed by atoms with Crippen molar-refractivity contribution in [2.24, 2.45) is 0 Å². The lowest BCUT2D eigenvalue weighted by Crippen LogP contribution is -2.10. The minimum absolute atomic E-state index is 1.11. The van der Waals surface area contributed by atoms with Gasteiger partial charge in [0, 0.05) is 36.9 Å². The first-order chi connectivity index (χ1) is 25.8. The van der Waals surface area contributed by atoms with E-state index in [1.807, 2.05) is 11.3 Å². The van der Waals surface area contributed by atoms with Crippen LogP contribution in [0.2, 0.25) is 0 Å². The van der Waals surface area contributed by atoms with E-state index in [-0.39, 0.29) is 0 Å². The number of rotatable bonds is 6. The van der Waals surface area contributed by atoms with Gasteiger partial charge < -0.3 is 4.90 Å². The van der Waals surface area contributed by atoms with Crippen molar-refractivity contribution < 1.29 is 0 Å². The molecule has 0 bridgehead atoms. The average molecular weight is 680 g/mol. The van der Waals surface area contributed by atoms with Crippen LogP contribution in [0.15, 0.2) is 200 Å². The largest absolute Gasteiger partial charge is 0.310 e. The fourth-order valence-corrected chi connectivity index (χ4v) is 8.91. The van der Waals surface area contributed by atoms with E-state index in [1.165, 1.54) is 75.1 Å². The molecule has 244 valence electrons. The predicted octanol–water partition coefficient (Wildman–Crippen LogP) is 14.8. The second kappa shape index (κ2) is 12.7. The summed E-state index contributed by atoms with van der Waals surface area (Å²) >= 11 is 1.87. The van der Waals surface area contributed by atoms with Gasteiger partial charge in [0.05, 0.1) is 5.69 Å². The molecule has 0 saturated carbocycles. The van der Waals surface area contributed by atoms with E-state index < -0.39 is 0 Å². The third-order valence-corrected chi connectivity index (χ3v) is 11.4. The van der Waals surface area contributed by atoms with Crippen LogP contribution in [0.1, 0.15) is 0 Å². The molecule has 52 heavy (non-hydrogen) atoms. The Hall–Kier alpha value is -6.48. The van der Waals surface area contributed by atoms with Gasteiger partial charge in [-0.2, -0.15) is 0 Å². The van der Waals surface area contributed by atoms with E-state index in [4.69, 9.17) is 0 Å². The Morgan fingerprint density at radius 2 is 0.865 bits per heavy atom. The highest BCUT2D eigenvalue weighted by Crippen LogP contribution is 2.43. The smallest absolute Gasteiger partial charge is 0.0540 e. The molecule has 0 atom stereocenters. The molecule has 0 fully saturated rings. The molecule has 0 unspecified atom stereocenters. The van der Waals surface area contributed by atoms with E-state index >= 15 is 0 Å². The minimum Gasteiger partial charge on any atom is -0.310 e. The van der Waals surface area contributed by atoms with Crippen molar-refractivity contribution in [2.75, 3.05) is 4.90 Å². The molecule has 10 aromatic rings. The molecule has 0 saturated heterocycles. The standard InChI is InChI=1S/C50H33NS/c1-3-17-42-35(11-1)13-8-20-43(42)39-16-7-15-38(33-39)34-25-29-40(30-26-34)51(47-22-9-14-36-12-2-4-18-44(36)47)41-31-27-37(28-32-41)45-21-10-24-49-50(45)46-19-5-6-23-48(46)52-49/h1-33H. The Bertz CT molecular complexity index is 2890. The topological polar surface area (TPSA) is 3.24 Å². The molecule has 0 aliphatic carbocycles. The second-order valence-electron chi connectivity index (χ2n) is 13.3. The summed E-state index contributed by atoms with van der Waals surface area (Å²) in [5.74, 6) is 0. The van der Waals surface area contributed by atoms with Gasteiger partial charge in [0.15, 0.2) is 0 Å². The van der Waals surface area contributed by atoms with Crippen LogP contribution in [0.3, 0.4) is 0 Å². The summed E-state index contributed by atoms with van der Waals surface area (Å²) in [6.07, 6.45) is 0. The van der Waals surface area contributed by atoms with Crippen LogP contribution in [0, 0.1) is 0 Å². The summed E-state index contributed by atoms with van der Waals surface area (Å²) in [5.41, 5.74) is 10.8. The van der Waals surface area contributed by atoms with Crippen molar-refractivity contribution in [3.05, 3.63) is 200 Å². The Morgan fingerprint density at radius 3 is 1.65 bits per heavy atom. The van der Waals surface area contributed by atoms with E-state index in [0.717, 1.165) is 17.1 Å². The van der Waals surface area contributed by atoms with E-state index in [2.05, 4.69) is 205 Å². The molecular weight excluding hydrogens is 647 g/mol. The highest BCUT2D eigenvalue weighted by molar-refractivity contribution is 7.25. The number of hydrogen-bond donors (Lipinski definition) is 0. The van der Waals surface area contributed by atoms with Crippen LogP contribution in [0.5, 0.6) is 0 Å². The van der Waals surface area contributed by atoms with Gasteiger partial charge in [0.2, 0.25) is 0 Å². The minimum atomic E-state index is 1.11. The fraction of sp³-hybridized carbons (Fsp3) is 0. The quantitative estimate of drug-likeness (QED) is 0.169. The number of hydrogen-bond acceptors (Lipinski definition) is 2. The van der Waals surface area contributed by atoms with Crippen LogP contribution in [-0.2, 0) is 0 Å². The van der Waals surface area contributed by atoms with Gasteiger partial charge in [-0.1, -0.05) is 152 Å². The monoisotopic (exact) mass is 679 g/mol. The molecular formula is C50H33NS. The Labute approximate surface area is 307 Å². The second-order valence-corrected chi connectivity index (χ2v) is 14.4. The van der Waals surface area contributed by atoms with Gasteiger partial charge in [0.25, 0.3) is 0 Å². The predicted molar refractivity (Wildman–Crippen MR) is 225 cm³/mol. The van der Waals surface area contributed by atoms with Gasteiger partial charge in [-0.3, -0.25) is 0 Å². The summed E-state index contributed by atoms with van der Waals surface area (Å²) in [4.78, 5) is 2.39. The highest BCUT2D eigenvalue weighted by atomic mass is 32.1. The van der Waals surface area contributed by atoms with Gasteiger partial charge in [-0.15, -0.1) is 11.3 Å². The Morgan fingerprint density at radius 1 is 0.327 bits per heavy atom. The molecule has 0 aliphatic heterocycles.